The standard InChI is InChI=1S/C13H20N2O2.ClH/c1-10(14)7-15(2)8-11-9-16-12-5-3-4-6-13(12)17-11;/h3-6,10-11H,7-9,14H2,1-2H3;1H. The summed E-state index contributed by atoms with van der Waals surface area (Å²) < 4.78 is 11.5. The third-order valence-electron chi connectivity index (χ3n) is 2.68. The van der Waals surface area contributed by atoms with E-state index in [-0.39, 0.29) is 24.6 Å². The second kappa shape index (κ2) is 6.83. The lowest BCUT2D eigenvalue weighted by atomic mass is 10.2. The van der Waals surface area contributed by atoms with Gasteiger partial charge in [0.1, 0.15) is 12.7 Å². The van der Waals surface area contributed by atoms with E-state index in [4.69, 9.17) is 15.2 Å². The largest absolute Gasteiger partial charge is 0.486 e. The van der Waals surface area contributed by atoms with Crippen LogP contribution < -0.4 is 15.2 Å². The third kappa shape index (κ3) is 4.05. The highest BCUT2D eigenvalue weighted by atomic mass is 35.5. The van der Waals surface area contributed by atoms with Crippen LogP contribution in [0.2, 0.25) is 0 Å². The van der Waals surface area contributed by atoms with Gasteiger partial charge in [-0.05, 0) is 26.1 Å². The number of likely N-dealkylation sites (N-methyl/N-ethyl adjacent to an activating group) is 1. The average molecular weight is 273 g/mol. The fourth-order valence-electron chi connectivity index (χ4n) is 2.07. The van der Waals surface area contributed by atoms with Crippen molar-refractivity contribution in [3.8, 4) is 11.5 Å². The van der Waals surface area contributed by atoms with Crippen molar-refractivity contribution in [2.75, 3.05) is 26.7 Å². The van der Waals surface area contributed by atoms with Crippen LogP contribution >= 0.6 is 12.4 Å². The van der Waals surface area contributed by atoms with Gasteiger partial charge in [-0.3, -0.25) is 0 Å². The van der Waals surface area contributed by atoms with E-state index < -0.39 is 0 Å². The number of benzene rings is 1. The van der Waals surface area contributed by atoms with E-state index in [1.54, 1.807) is 0 Å². The van der Waals surface area contributed by atoms with E-state index in [1.165, 1.54) is 0 Å². The molecule has 18 heavy (non-hydrogen) atoms. The van der Waals surface area contributed by atoms with Crippen molar-refractivity contribution in [1.82, 2.24) is 4.90 Å². The van der Waals surface area contributed by atoms with E-state index in [0.717, 1.165) is 24.6 Å². The van der Waals surface area contributed by atoms with Crippen molar-refractivity contribution < 1.29 is 9.47 Å². The van der Waals surface area contributed by atoms with Gasteiger partial charge in [-0.2, -0.15) is 0 Å². The fourth-order valence-corrected chi connectivity index (χ4v) is 2.07. The summed E-state index contributed by atoms with van der Waals surface area (Å²) in [4.78, 5) is 2.17. The lowest BCUT2D eigenvalue weighted by Crippen LogP contribution is -2.42. The fraction of sp³-hybridized carbons (Fsp3) is 0.538. The van der Waals surface area contributed by atoms with E-state index in [1.807, 2.05) is 38.2 Å². The summed E-state index contributed by atoms with van der Waals surface area (Å²) in [5, 5.41) is 0. The number of para-hydroxylation sites is 2. The molecule has 0 saturated heterocycles. The molecular weight excluding hydrogens is 252 g/mol. The molecule has 2 unspecified atom stereocenters. The molecule has 0 radical (unpaired) electrons. The Bertz CT molecular complexity index is 374. The third-order valence-corrected chi connectivity index (χ3v) is 2.68. The first-order valence-corrected chi connectivity index (χ1v) is 5.98. The SMILES string of the molecule is CC(N)CN(C)CC1COc2ccccc2O1.Cl. The highest BCUT2D eigenvalue weighted by molar-refractivity contribution is 5.85. The molecular formula is C13H21ClN2O2. The molecule has 4 nitrogen and oxygen atoms in total. The van der Waals surface area contributed by atoms with Gasteiger partial charge < -0.3 is 20.1 Å². The zero-order valence-corrected chi connectivity index (χ0v) is 11.7. The number of hydrogen-bond donors (Lipinski definition) is 1. The smallest absolute Gasteiger partial charge is 0.161 e. The summed E-state index contributed by atoms with van der Waals surface area (Å²) in [6, 6.07) is 7.95. The highest BCUT2D eigenvalue weighted by Crippen LogP contribution is 2.30. The Kier molecular flexibility index (Phi) is 5.72. The van der Waals surface area contributed by atoms with E-state index in [9.17, 15) is 0 Å². The maximum absolute atomic E-state index is 5.88. The Balaban J connectivity index is 0.00000162. The van der Waals surface area contributed by atoms with Crippen LogP contribution in [-0.4, -0.2) is 43.8 Å². The Morgan fingerprint density at radius 1 is 1.39 bits per heavy atom. The molecule has 0 fully saturated rings. The number of nitrogens with zero attached hydrogens (tertiary/aromatic N) is 1. The minimum atomic E-state index is 0. The number of ether oxygens (including phenoxy) is 2. The van der Waals surface area contributed by atoms with Gasteiger partial charge in [0.2, 0.25) is 0 Å². The van der Waals surface area contributed by atoms with E-state index in [0.29, 0.717) is 6.61 Å². The van der Waals surface area contributed by atoms with Crippen LogP contribution in [0.5, 0.6) is 11.5 Å². The molecule has 0 spiro atoms. The Morgan fingerprint density at radius 2 is 2.06 bits per heavy atom. The molecule has 0 bridgehead atoms. The van der Waals surface area contributed by atoms with Gasteiger partial charge in [0.05, 0.1) is 0 Å². The van der Waals surface area contributed by atoms with Crippen LogP contribution in [0.3, 0.4) is 0 Å². The van der Waals surface area contributed by atoms with Crippen LogP contribution in [0.4, 0.5) is 0 Å². The van der Waals surface area contributed by atoms with Crippen molar-refractivity contribution in [2.45, 2.75) is 19.1 Å². The molecule has 2 rings (SSSR count). The summed E-state index contributed by atoms with van der Waals surface area (Å²) >= 11 is 0. The van der Waals surface area contributed by atoms with Crippen LogP contribution in [0, 0.1) is 0 Å². The van der Waals surface area contributed by atoms with Gasteiger partial charge in [0.15, 0.2) is 11.5 Å². The summed E-state index contributed by atoms with van der Waals surface area (Å²) in [6.07, 6.45) is 0.0775. The van der Waals surface area contributed by atoms with Crippen molar-refractivity contribution in [1.29, 1.82) is 0 Å². The molecule has 1 aliphatic rings. The van der Waals surface area contributed by atoms with Crippen LogP contribution in [0.15, 0.2) is 24.3 Å². The molecule has 2 N–H and O–H groups in total. The number of halogens is 1. The molecule has 0 aliphatic carbocycles. The molecule has 0 saturated carbocycles. The summed E-state index contributed by atoms with van der Waals surface area (Å²) in [6.45, 7) is 4.29. The lowest BCUT2D eigenvalue weighted by molar-refractivity contribution is 0.0645. The predicted octanol–water partition coefficient (Wildman–Crippen LogP) is 1.53. The molecule has 5 heteroatoms. The molecule has 102 valence electrons. The minimum absolute atomic E-state index is 0. The van der Waals surface area contributed by atoms with Gasteiger partial charge in [-0.25, -0.2) is 0 Å². The molecule has 1 aromatic carbocycles. The van der Waals surface area contributed by atoms with Crippen LogP contribution in [0.1, 0.15) is 6.92 Å². The van der Waals surface area contributed by atoms with Gasteiger partial charge in [0.25, 0.3) is 0 Å². The van der Waals surface area contributed by atoms with Gasteiger partial charge >= 0.3 is 0 Å². The van der Waals surface area contributed by atoms with Crippen molar-refractivity contribution in [3.63, 3.8) is 0 Å². The molecule has 1 aromatic rings. The second-order valence-electron chi connectivity index (χ2n) is 4.70. The first kappa shape index (κ1) is 15.1. The first-order valence-electron chi connectivity index (χ1n) is 5.98. The topological polar surface area (TPSA) is 47.7 Å². The number of nitrogens with two attached hydrogens (primary N) is 1. The van der Waals surface area contributed by atoms with Crippen LogP contribution in [0.25, 0.3) is 0 Å². The second-order valence-corrected chi connectivity index (χ2v) is 4.70. The van der Waals surface area contributed by atoms with Crippen molar-refractivity contribution in [3.05, 3.63) is 24.3 Å². The molecule has 0 amide bonds. The monoisotopic (exact) mass is 272 g/mol. The zero-order valence-electron chi connectivity index (χ0n) is 10.8. The average Bonchev–Trinajstić information content (AvgIpc) is 2.27. The highest BCUT2D eigenvalue weighted by Gasteiger charge is 2.21. The maximum Gasteiger partial charge on any atom is 0.161 e. The Morgan fingerprint density at radius 3 is 2.72 bits per heavy atom. The van der Waals surface area contributed by atoms with Crippen molar-refractivity contribution in [2.24, 2.45) is 5.73 Å². The minimum Gasteiger partial charge on any atom is -0.486 e. The normalized spacial score (nSPS) is 19.2. The predicted molar refractivity (Wildman–Crippen MR) is 74.7 cm³/mol. The molecule has 2 atom stereocenters. The van der Waals surface area contributed by atoms with E-state index in [2.05, 4.69) is 4.90 Å². The maximum atomic E-state index is 5.88. The van der Waals surface area contributed by atoms with Gasteiger partial charge in [-0.1, -0.05) is 12.1 Å². The van der Waals surface area contributed by atoms with E-state index >= 15 is 0 Å². The van der Waals surface area contributed by atoms with Gasteiger partial charge in [-0.15, -0.1) is 12.4 Å². The van der Waals surface area contributed by atoms with Crippen molar-refractivity contribution >= 4 is 12.4 Å². The number of fused-ring (bicyclic) bond motifs is 1. The summed E-state index contributed by atoms with van der Waals surface area (Å²) in [7, 11) is 2.05. The quantitative estimate of drug-likeness (QED) is 0.903. The zero-order chi connectivity index (χ0) is 12.3. The molecule has 1 heterocycles. The first-order chi connectivity index (χ1) is 8.15. The Labute approximate surface area is 114 Å². The van der Waals surface area contributed by atoms with Gasteiger partial charge in [0, 0.05) is 19.1 Å². The number of hydrogen-bond acceptors (Lipinski definition) is 4. The van der Waals surface area contributed by atoms with Crippen LogP contribution in [-0.2, 0) is 0 Å². The summed E-state index contributed by atoms with van der Waals surface area (Å²) in [5.74, 6) is 1.66. The Hall–Kier alpha value is -0.970. The molecule has 1 aliphatic heterocycles. The molecule has 0 aromatic heterocycles. The lowest BCUT2D eigenvalue weighted by Gasteiger charge is -2.30. The summed E-state index contributed by atoms with van der Waals surface area (Å²) in [5.41, 5.74) is 5.76. The number of rotatable bonds is 4.